The molecule has 0 bridgehead atoms. The monoisotopic (exact) mass is 389 g/mol. The van der Waals surface area contributed by atoms with Gasteiger partial charge in [-0.05, 0) is 39.3 Å². The number of rotatable bonds is 7. The van der Waals surface area contributed by atoms with Crippen LogP contribution in [0.2, 0.25) is 0 Å². The van der Waals surface area contributed by atoms with E-state index < -0.39 is 42.0 Å². The Morgan fingerprint density at radius 1 is 1.25 bits per heavy atom. The zero-order valence-corrected chi connectivity index (χ0v) is 16.2. The number of hydrogen-bond acceptors (Lipinski definition) is 6. The van der Waals surface area contributed by atoms with E-state index in [0.717, 1.165) is 4.90 Å². The molecule has 0 radical (unpaired) electrons. The first-order valence-corrected chi connectivity index (χ1v) is 8.83. The van der Waals surface area contributed by atoms with E-state index >= 15 is 0 Å². The summed E-state index contributed by atoms with van der Waals surface area (Å²) < 4.78 is 5.04. The van der Waals surface area contributed by atoms with Gasteiger partial charge in [0.05, 0.1) is 5.69 Å². The van der Waals surface area contributed by atoms with Crippen LogP contribution in [0.25, 0.3) is 0 Å². The molecule has 0 unspecified atom stereocenters. The molecule has 1 aromatic rings. The van der Waals surface area contributed by atoms with Gasteiger partial charge >= 0.3 is 12.0 Å². The number of benzene rings is 1. The Morgan fingerprint density at radius 3 is 2.46 bits per heavy atom. The number of urea groups is 1. The number of ether oxygens (including phenoxy) is 1. The number of para-hydroxylation sites is 1. The second kappa shape index (κ2) is 8.20. The summed E-state index contributed by atoms with van der Waals surface area (Å²) in [5, 5.41) is 5.06. The lowest BCUT2D eigenvalue weighted by Crippen LogP contribution is -2.44. The molecule has 1 aliphatic heterocycles. The fraction of sp³-hybridized carbons (Fsp3) is 0.421. The van der Waals surface area contributed by atoms with Crippen molar-refractivity contribution in [1.82, 2.24) is 10.2 Å². The predicted molar refractivity (Wildman–Crippen MR) is 99.6 cm³/mol. The Bertz CT molecular complexity index is 837. The highest BCUT2D eigenvalue weighted by atomic mass is 16.5. The Hall–Kier alpha value is -3.23. The van der Waals surface area contributed by atoms with Crippen molar-refractivity contribution in [3.63, 3.8) is 0 Å². The molecule has 1 fully saturated rings. The third kappa shape index (κ3) is 4.36. The van der Waals surface area contributed by atoms with Crippen LogP contribution in [0, 0.1) is 0 Å². The number of ketones is 1. The van der Waals surface area contributed by atoms with E-state index in [1.54, 1.807) is 38.1 Å². The van der Waals surface area contributed by atoms with Gasteiger partial charge in [-0.15, -0.1) is 0 Å². The number of amides is 4. The normalized spacial score (nSPS) is 19.8. The number of nitrogens with one attached hydrogen (secondary N) is 2. The van der Waals surface area contributed by atoms with Gasteiger partial charge in [-0.2, -0.15) is 0 Å². The van der Waals surface area contributed by atoms with Gasteiger partial charge in [0.2, 0.25) is 0 Å². The summed E-state index contributed by atoms with van der Waals surface area (Å²) in [6.45, 7) is 5.44. The molecular weight excluding hydrogens is 366 g/mol. The molecular formula is C19H23N3O6. The standard InChI is InChI=1S/C19H23N3O6/c1-5-19(4)17(26)22(18(27)21-19)10-15(24)28-12(3)16(25)20-14-9-7-6-8-13(14)11(2)23/h6-9,12H,5,10H2,1-4H3,(H,20,25)(H,21,27)/t12-,19-/m0/s1. The number of imide groups is 1. The second-order valence-electron chi connectivity index (χ2n) is 6.73. The van der Waals surface area contributed by atoms with Crippen LogP contribution >= 0.6 is 0 Å². The minimum atomic E-state index is -1.19. The first kappa shape index (κ1) is 21.1. The van der Waals surface area contributed by atoms with E-state index in [4.69, 9.17) is 4.74 Å². The van der Waals surface area contributed by atoms with Crippen LogP contribution < -0.4 is 10.6 Å². The van der Waals surface area contributed by atoms with Crippen molar-refractivity contribution in [1.29, 1.82) is 0 Å². The second-order valence-corrected chi connectivity index (χ2v) is 6.73. The molecule has 2 N–H and O–H groups in total. The van der Waals surface area contributed by atoms with Crippen molar-refractivity contribution in [2.45, 2.75) is 45.8 Å². The largest absolute Gasteiger partial charge is 0.451 e. The molecule has 0 spiro atoms. The van der Waals surface area contributed by atoms with E-state index in [1.165, 1.54) is 13.8 Å². The maximum Gasteiger partial charge on any atom is 0.327 e. The average molecular weight is 389 g/mol. The van der Waals surface area contributed by atoms with Gasteiger partial charge in [-0.1, -0.05) is 19.1 Å². The number of carbonyl (C=O) groups excluding carboxylic acids is 5. The number of esters is 1. The molecule has 0 aromatic heterocycles. The summed E-state index contributed by atoms with van der Waals surface area (Å²) in [4.78, 5) is 61.0. The van der Waals surface area contributed by atoms with Crippen molar-refractivity contribution in [3.05, 3.63) is 29.8 Å². The van der Waals surface area contributed by atoms with E-state index in [-0.39, 0.29) is 5.78 Å². The highest BCUT2D eigenvalue weighted by Gasteiger charge is 2.47. The van der Waals surface area contributed by atoms with E-state index in [9.17, 15) is 24.0 Å². The quantitative estimate of drug-likeness (QED) is 0.414. The van der Waals surface area contributed by atoms with E-state index in [0.29, 0.717) is 17.7 Å². The SMILES string of the molecule is CC[C@]1(C)NC(=O)N(CC(=O)O[C@@H](C)C(=O)Nc2ccccc2C(C)=O)C1=O. The molecule has 1 aliphatic rings. The van der Waals surface area contributed by atoms with Gasteiger partial charge in [-0.3, -0.25) is 24.1 Å². The third-order valence-corrected chi connectivity index (χ3v) is 4.58. The van der Waals surface area contributed by atoms with Gasteiger partial charge in [-0.25, -0.2) is 4.79 Å². The number of hydrogen-bond donors (Lipinski definition) is 2. The molecule has 0 aliphatic carbocycles. The predicted octanol–water partition coefficient (Wildman–Crippen LogP) is 1.48. The molecule has 4 amide bonds. The van der Waals surface area contributed by atoms with Crippen LogP contribution in [0.5, 0.6) is 0 Å². The minimum absolute atomic E-state index is 0.224. The maximum atomic E-state index is 12.3. The smallest absolute Gasteiger partial charge is 0.327 e. The molecule has 1 heterocycles. The summed E-state index contributed by atoms with van der Waals surface area (Å²) in [5.41, 5.74) is -0.431. The number of Topliss-reactive ketones (excluding diaryl/α,β-unsaturated/α-hetero) is 1. The van der Waals surface area contributed by atoms with Crippen molar-refractivity contribution in [2.75, 3.05) is 11.9 Å². The Labute approximate surface area is 162 Å². The number of anilines is 1. The zero-order valence-electron chi connectivity index (χ0n) is 16.2. The topological polar surface area (TPSA) is 122 Å². The van der Waals surface area contributed by atoms with Crippen LogP contribution in [0.3, 0.4) is 0 Å². The third-order valence-electron chi connectivity index (χ3n) is 4.58. The van der Waals surface area contributed by atoms with Crippen molar-refractivity contribution in [3.8, 4) is 0 Å². The average Bonchev–Trinajstić information content (AvgIpc) is 2.85. The zero-order chi connectivity index (χ0) is 21.1. The van der Waals surface area contributed by atoms with Crippen LogP contribution in [0.4, 0.5) is 10.5 Å². The van der Waals surface area contributed by atoms with Crippen LogP contribution in [-0.2, 0) is 19.1 Å². The number of carbonyl (C=O) groups is 5. The van der Waals surface area contributed by atoms with Crippen molar-refractivity contribution < 1.29 is 28.7 Å². The van der Waals surface area contributed by atoms with Crippen molar-refractivity contribution in [2.24, 2.45) is 0 Å². The molecule has 1 saturated heterocycles. The molecule has 150 valence electrons. The molecule has 28 heavy (non-hydrogen) atoms. The van der Waals surface area contributed by atoms with Gasteiger partial charge in [0.1, 0.15) is 12.1 Å². The molecule has 9 heteroatoms. The fourth-order valence-electron chi connectivity index (χ4n) is 2.68. The number of nitrogens with zero attached hydrogens (tertiary/aromatic N) is 1. The highest BCUT2D eigenvalue weighted by molar-refractivity contribution is 6.08. The van der Waals surface area contributed by atoms with E-state index in [2.05, 4.69) is 10.6 Å². The lowest BCUT2D eigenvalue weighted by Gasteiger charge is -2.19. The molecule has 0 saturated carbocycles. The summed E-state index contributed by atoms with van der Waals surface area (Å²) in [5.74, 6) is -2.29. The van der Waals surface area contributed by atoms with Gasteiger partial charge < -0.3 is 15.4 Å². The summed E-state index contributed by atoms with van der Waals surface area (Å²) in [6, 6.07) is 5.76. The van der Waals surface area contributed by atoms with E-state index in [1.807, 2.05) is 0 Å². The summed E-state index contributed by atoms with van der Waals surface area (Å²) in [7, 11) is 0. The van der Waals surface area contributed by atoms with Crippen molar-refractivity contribution >= 4 is 35.3 Å². The lowest BCUT2D eigenvalue weighted by atomic mass is 9.99. The summed E-state index contributed by atoms with van der Waals surface area (Å²) in [6.07, 6.45) is -0.817. The molecule has 9 nitrogen and oxygen atoms in total. The fourth-order valence-corrected chi connectivity index (χ4v) is 2.68. The molecule has 1 aromatic carbocycles. The van der Waals surface area contributed by atoms with Gasteiger partial charge in [0.15, 0.2) is 11.9 Å². The minimum Gasteiger partial charge on any atom is -0.451 e. The first-order chi connectivity index (χ1) is 13.1. The van der Waals surface area contributed by atoms with Gasteiger partial charge in [0.25, 0.3) is 11.8 Å². The maximum absolute atomic E-state index is 12.3. The Kier molecular flexibility index (Phi) is 6.17. The lowest BCUT2D eigenvalue weighted by molar-refractivity contribution is -0.155. The van der Waals surface area contributed by atoms with Crippen LogP contribution in [-0.4, -0.2) is 52.7 Å². The molecule has 2 atom stereocenters. The molecule has 2 rings (SSSR count). The highest BCUT2D eigenvalue weighted by Crippen LogP contribution is 2.21. The summed E-state index contributed by atoms with van der Waals surface area (Å²) >= 11 is 0. The van der Waals surface area contributed by atoms with Gasteiger partial charge in [0, 0.05) is 5.56 Å². The van der Waals surface area contributed by atoms with Crippen LogP contribution in [0.1, 0.15) is 44.5 Å². The first-order valence-electron chi connectivity index (χ1n) is 8.83. The Morgan fingerprint density at radius 2 is 1.89 bits per heavy atom. The van der Waals surface area contributed by atoms with Crippen LogP contribution in [0.15, 0.2) is 24.3 Å². The Balaban J connectivity index is 1.97.